The van der Waals surface area contributed by atoms with E-state index in [-0.39, 0.29) is 5.92 Å². The molecular weight excluding hydrogens is 192 g/mol. The van der Waals surface area contributed by atoms with Gasteiger partial charge in [-0.05, 0) is 17.5 Å². The highest BCUT2D eigenvalue weighted by Gasteiger charge is 2.19. The van der Waals surface area contributed by atoms with Gasteiger partial charge >= 0.3 is 5.97 Å². The summed E-state index contributed by atoms with van der Waals surface area (Å²) in [7, 11) is 3.58. The van der Waals surface area contributed by atoms with E-state index in [1.54, 1.807) is 31.3 Å². The van der Waals surface area contributed by atoms with Crippen LogP contribution in [-0.2, 0) is 0 Å². The fraction of sp³-hybridized carbons (Fsp3) is 0.455. The number of rotatable bonds is 3. The summed E-state index contributed by atoms with van der Waals surface area (Å²) in [5, 5.41) is 9.18. The zero-order valence-corrected chi connectivity index (χ0v) is 9.48. The Morgan fingerprint density at radius 3 is 2.47 bits per heavy atom. The molecule has 1 aromatic heterocycles. The molecule has 0 aliphatic heterocycles. The molecule has 0 atom stereocenters. The van der Waals surface area contributed by atoms with E-state index in [4.69, 9.17) is 0 Å². The van der Waals surface area contributed by atoms with Crippen LogP contribution < -0.4 is 4.90 Å². The fourth-order valence-electron chi connectivity index (χ4n) is 1.50. The molecule has 1 aromatic rings. The Morgan fingerprint density at radius 1 is 1.47 bits per heavy atom. The minimum absolute atomic E-state index is 0.179. The van der Waals surface area contributed by atoms with Gasteiger partial charge in [0, 0.05) is 20.3 Å². The maximum atomic E-state index is 11.2. The highest BCUT2D eigenvalue weighted by Crippen LogP contribution is 2.25. The van der Waals surface area contributed by atoms with E-state index in [2.05, 4.69) is 4.98 Å². The third-order valence-electron chi connectivity index (χ3n) is 2.22. The molecule has 1 heterocycles. The topological polar surface area (TPSA) is 53.4 Å². The third kappa shape index (κ3) is 2.26. The molecule has 15 heavy (non-hydrogen) atoms. The summed E-state index contributed by atoms with van der Waals surface area (Å²) in [6.45, 7) is 3.95. The van der Waals surface area contributed by atoms with Crippen LogP contribution in [0, 0.1) is 0 Å². The monoisotopic (exact) mass is 208 g/mol. The predicted octanol–water partition coefficient (Wildman–Crippen LogP) is 1.97. The molecule has 0 spiro atoms. The van der Waals surface area contributed by atoms with Gasteiger partial charge in [-0.1, -0.05) is 13.8 Å². The minimum Gasteiger partial charge on any atom is -0.478 e. The van der Waals surface area contributed by atoms with E-state index < -0.39 is 5.97 Å². The molecule has 0 aliphatic rings. The molecule has 82 valence electrons. The SMILES string of the molecule is CC(C)c1ccnc(N(C)C)c1C(=O)O. The highest BCUT2D eigenvalue weighted by molar-refractivity contribution is 5.95. The average molecular weight is 208 g/mol. The first-order chi connectivity index (χ1) is 6.95. The van der Waals surface area contributed by atoms with E-state index in [0.717, 1.165) is 5.56 Å². The van der Waals surface area contributed by atoms with Gasteiger partial charge in [0.25, 0.3) is 0 Å². The number of aromatic nitrogens is 1. The van der Waals surface area contributed by atoms with Gasteiger partial charge in [-0.2, -0.15) is 0 Å². The van der Waals surface area contributed by atoms with Crippen molar-refractivity contribution in [2.75, 3.05) is 19.0 Å². The first-order valence-corrected chi connectivity index (χ1v) is 4.84. The molecule has 0 amide bonds. The van der Waals surface area contributed by atoms with Crippen molar-refractivity contribution in [1.82, 2.24) is 4.98 Å². The summed E-state index contributed by atoms with van der Waals surface area (Å²) in [6, 6.07) is 1.76. The van der Waals surface area contributed by atoms with Gasteiger partial charge in [-0.25, -0.2) is 9.78 Å². The maximum Gasteiger partial charge on any atom is 0.339 e. The number of nitrogens with zero attached hydrogens (tertiary/aromatic N) is 2. The van der Waals surface area contributed by atoms with E-state index >= 15 is 0 Å². The molecule has 0 saturated carbocycles. The lowest BCUT2D eigenvalue weighted by atomic mass is 9.98. The second kappa shape index (κ2) is 4.29. The molecule has 0 radical (unpaired) electrons. The van der Waals surface area contributed by atoms with Crippen LogP contribution in [0.1, 0.15) is 35.7 Å². The van der Waals surface area contributed by atoms with E-state index in [1.165, 1.54) is 0 Å². The quantitative estimate of drug-likeness (QED) is 0.825. The van der Waals surface area contributed by atoms with Gasteiger partial charge in [0.2, 0.25) is 0 Å². The molecule has 0 saturated heterocycles. The molecule has 0 unspecified atom stereocenters. The van der Waals surface area contributed by atoms with Crippen molar-refractivity contribution in [3.05, 3.63) is 23.4 Å². The summed E-state index contributed by atoms with van der Waals surface area (Å²) < 4.78 is 0. The highest BCUT2D eigenvalue weighted by atomic mass is 16.4. The van der Waals surface area contributed by atoms with Crippen LogP contribution in [-0.4, -0.2) is 30.2 Å². The standard InChI is InChI=1S/C11H16N2O2/c1-7(2)8-5-6-12-10(13(3)4)9(8)11(14)15/h5-7H,1-4H3,(H,14,15). The Bertz CT molecular complexity index is 347. The lowest BCUT2D eigenvalue weighted by Gasteiger charge is -2.18. The largest absolute Gasteiger partial charge is 0.478 e. The summed E-state index contributed by atoms with van der Waals surface area (Å²) in [5.41, 5.74) is 1.12. The summed E-state index contributed by atoms with van der Waals surface area (Å²) >= 11 is 0. The lowest BCUT2D eigenvalue weighted by molar-refractivity contribution is 0.0695. The van der Waals surface area contributed by atoms with Crippen molar-refractivity contribution in [1.29, 1.82) is 0 Å². The maximum absolute atomic E-state index is 11.2. The van der Waals surface area contributed by atoms with Gasteiger partial charge in [-0.3, -0.25) is 0 Å². The van der Waals surface area contributed by atoms with Crippen molar-refractivity contribution in [2.45, 2.75) is 19.8 Å². The van der Waals surface area contributed by atoms with E-state index in [1.807, 2.05) is 13.8 Å². The second-order valence-corrected chi connectivity index (χ2v) is 3.95. The van der Waals surface area contributed by atoms with Crippen LogP contribution in [0.5, 0.6) is 0 Å². The van der Waals surface area contributed by atoms with E-state index in [9.17, 15) is 9.90 Å². The average Bonchev–Trinajstić information content (AvgIpc) is 2.16. The Hall–Kier alpha value is -1.58. The van der Waals surface area contributed by atoms with Crippen LogP contribution in [0.2, 0.25) is 0 Å². The first-order valence-electron chi connectivity index (χ1n) is 4.84. The second-order valence-electron chi connectivity index (χ2n) is 3.95. The number of hydrogen-bond donors (Lipinski definition) is 1. The van der Waals surface area contributed by atoms with Crippen LogP contribution in [0.25, 0.3) is 0 Å². The number of anilines is 1. The Balaban J connectivity index is 3.42. The molecule has 1 N–H and O–H groups in total. The number of carboxylic acids is 1. The van der Waals surface area contributed by atoms with Gasteiger partial charge in [0.15, 0.2) is 0 Å². The van der Waals surface area contributed by atoms with Crippen molar-refractivity contribution in [3.8, 4) is 0 Å². The van der Waals surface area contributed by atoms with Gasteiger partial charge in [0.05, 0.1) is 0 Å². The zero-order valence-electron chi connectivity index (χ0n) is 9.48. The first kappa shape index (κ1) is 11.5. The zero-order chi connectivity index (χ0) is 11.6. The Morgan fingerprint density at radius 2 is 2.07 bits per heavy atom. The van der Waals surface area contributed by atoms with Crippen LogP contribution >= 0.6 is 0 Å². The van der Waals surface area contributed by atoms with Gasteiger partial charge < -0.3 is 10.0 Å². The minimum atomic E-state index is -0.921. The normalized spacial score (nSPS) is 10.5. The van der Waals surface area contributed by atoms with E-state index in [0.29, 0.717) is 11.4 Å². The van der Waals surface area contributed by atoms with Crippen LogP contribution in [0.15, 0.2) is 12.3 Å². The molecule has 0 aliphatic carbocycles. The fourth-order valence-corrected chi connectivity index (χ4v) is 1.50. The Labute approximate surface area is 89.6 Å². The molecule has 0 fully saturated rings. The molecule has 0 aromatic carbocycles. The lowest BCUT2D eigenvalue weighted by Crippen LogP contribution is -2.17. The number of carbonyl (C=O) groups is 1. The van der Waals surface area contributed by atoms with Crippen molar-refractivity contribution >= 4 is 11.8 Å². The molecule has 0 bridgehead atoms. The predicted molar refractivity (Wildman–Crippen MR) is 59.6 cm³/mol. The van der Waals surface area contributed by atoms with Crippen molar-refractivity contribution < 1.29 is 9.90 Å². The Kier molecular flexibility index (Phi) is 3.29. The third-order valence-corrected chi connectivity index (χ3v) is 2.22. The smallest absolute Gasteiger partial charge is 0.339 e. The molecule has 4 nitrogen and oxygen atoms in total. The summed E-state index contributed by atoms with van der Waals surface area (Å²) in [4.78, 5) is 17.0. The van der Waals surface area contributed by atoms with Gasteiger partial charge in [-0.15, -0.1) is 0 Å². The number of carboxylic acid groups (broad SMARTS) is 1. The number of aromatic carboxylic acids is 1. The molecule has 1 rings (SSSR count). The number of hydrogen-bond acceptors (Lipinski definition) is 3. The summed E-state index contributed by atoms with van der Waals surface area (Å²) in [6.07, 6.45) is 1.65. The summed E-state index contributed by atoms with van der Waals surface area (Å²) in [5.74, 6) is -0.234. The van der Waals surface area contributed by atoms with Crippen molar-refractivity contribution in [3.63, 3.8) is 0 Å². The van der Waals surface area contributed by atoms with Crippen LogP contribution in [0.3, 0.4) is 0 Å². The molecule has 4 heteroatoms. The van der Waals surface area contributed by atoms with Crippen LogP contribution in [0.4, 0.5) is 5.82 Å². The molecular formula is C11H16N2O2. The van der Waals surface area contributed by atoms with Gasteiger partial charge in [0.1, 0.15) is 11.4 Å². The number of pyridine rings is 1. The van der Waals surface area contributed by atoms with Crippen molar-refractivity contribution in [2.24, 2.45) is 0 Å².